The molecule has 0 unspecified atom stereocenters. The van der Waals surface area contributed by atoms with Gasteiger partial charge in [0.25, 0.3) is 0 Å². The fraction of sp³-hybridized carbons (Fsp3) is 0.294. The van der Waals surface area contributed by atoms with Crippen molar-refractivity contribution in [3.8, 4) is 11.5 Å². The third kappa shape index (κ3) is 3.30. The van der Waals surface area contributed by atoms with Crippen molar-refractivity contribution in [3.63, 3.8) is 0 Å². The van der Waals surface area contributed by atoms with Crippen LogP contribution in [0.3, 0.4) is 0 Å². The molecule has 100 valence electrons. The molecule has 0 fully saturated rings. The molecule has 0 aliphatic carbocycles. The van der Waals surface area contributed by atoms with E-state index < -0.39 is 0 Å². The van der Waals surface area contributed by atoms with Crippen LogP contribution in [0, 0.1) is 6.92 Å². The van der Waals surface area contributed by atoms with Gasteiger partial charge in [-0.05, 0) is 47.7 Å². The SMILES string of the molecule is Cc1cc(Oc2ccccc2C(C)C)ccc1CCl. The molecule has 0 atom stereocenters. The van der Waals surface area contributed by atoms with E-state index in [0.717, 1.165) is 22.6 Å². The van der Waals surface area contributed by atoms with Gasteiger partial charge in [-0.25, -0.2) is 0 Å². The number of aryl methyl sites for hydroxylation is 1. The number of ether oxygens (including phenoxy) is 1. The number of hydrogen-bond acceptors (Lipinski definition) is 1. The topological polar surface area (TPSA) is 9.23 Å². The zero-order valence-corrected chi connectivity index (χ0v) is 12.4. The van der Waals surface area contributed by atoms with E-state index in [2.05, 4.69) is 26.8 Å². The normalized spacial score (nSPS) is 10.8. The van der Waals surface area contributed by atoms with E-state index in [9.17, 15) is 0 Å². The van der Waals surface area contributed by atoms with Gasteiger partial charge in [0.05, 0.1) is 0 Å². The second-order valence-corrected chi connectivity index (χ2v) is 5.28. The predicted octanol–water partition coefficient (Wildman–Crippen LogP) is 5.65. The van der Waals surface area contributed by atoms with Crippen molar-refractivity contribution in [2.75, 3.05) is 0 Å². The van der Waals surface area contributed by atoms with Crippen LogP contribution < -0.4 is 4.74 Å². The summed E-state index contributed by atoms with van der Waals surface area (Å²) in [5.74, 6) is 2.77. The van der Waals surface area contributed by atoms with Gasteiger partial charge in [0, 0.05) is 5.88 Å². The first-order valence-corrected chi connectivity index (χ1v) is 7.07. The van der Waals surface area contributed by atoms with Gasteiger partial charge in [-0.2, -0.15) is 0 Å². The van der Waals surface area contributed by atoms with Crippen LogP contribution in [0.2, 0.25) is 0 Å². The molecule has 0 aromatic heterocycles. The minimum Gasteiger partial charge on any atom is -0.457 e. The van der Waals surface area contributed by atoms with Crippen LogP contribution in [0.5, 0.6) is 11.5 Å². The third-order valence-corrected chi connectivity index (χ3v) is 3.51. The summed E-state index contributed by atoms with van der Waals surface area (Å²) in [4.78, 5) is 0. The lowest BCUT2D eigenvalue weighted by molar-refractivity contribution is 0.472. The average Bonchev–Trinajstić information content (AvgIpc) is 2.39. The fourth-order valence-electron chi connectivity index (χ4n) is 2.06. The molecule has 2 rings (SSSR count). The smallest absolute Gasteiger partial charge is 0.130 e. The van der Waals surface area contributed by atoms with E-state index in [1.54, 1.807) is 0 Å². The average molecular weight is 275 g/mol. The Hall–Kier alpha value is -1.47. The highest BCUT2D eigenvalue weighted by molar-refractivity contribution is 6.17. The van der Waals surface area contributed by atoms with Crippen molar-refractivity contribution in [1.29, 1.82) is 0 Å². The molecule has 2 heteroatoms. The Kier molecular flexibility index (Phi) is 4.49. The molecule has 1 nitrogen and oxygen atoms in total. The molecule has 0 saturated carbocycles. The number of rotatable bonds is 4. The number of halogens is 1. The van der Waals surface area contributed by atoms with E-state index in [1.807, 2.05) is 36.4 Å². The quantitative estimate of drug-likeness (QED) is 0.655. The van der Waals surface area contributed by atoms with E-state index >= 15 is 0 Å². The van der Waals surface area contributed by atoms with Crippen LogP contribution in [0.1, 0.15) is 36.5 Å². The van der Waals surface area contributed by atoms with Crippen LogP contribution >= 0.6 is 11.6 Å². The van der Waals surface area contributed by atoms with Crippen LogP contribution in [0.15, 0.2) is 42.5 Å². The highest BCUT2D eigenvalue weighted by Gasteiger charge is 2.08. The number of para-hydroxylation sites is 1. The van der Waals surface area contributed by atoms with Gasteiger partial charge in [0.2, 0.25) is 0 Å². The molecule has 2 aromatic rings. The molecule has 0 heterocycles. The molecule has 0 amide bonds. The third-order valence-electron chi connectivity index (χ3n) is 3.23. The van der Waals surface area contributed by atoms with E-state index in [1.165, 1.54) is 5.56 Å². The molecule has 0 N–H and O–H groups in total. The summed E-state index contributed by atoms with van der Waals surface area (Å²) in [6.45, 7) is 6.40. The highest BCUT2D eigenvalue weighted by atomic mass is 35.5. The molecule has 0 bridgehead atoms. The summed E-state index contributed by atoms with van der Waals surface area (Å²) < 4.78 is 6.01. The van der Waals surface area contributed by atoms with Crippen molar-refractivity contribution in [2.24, 2.45) is 0 Å². The molecule has 0 aliphatic heterocycles. The molecular formula is C17H19ClO. The molecule has 0 spiro atoms. The van der Waals surface area contributed by atoms with Crippen LogP contribution in [-0.2, 0) is 5.88 Å². The van der Waals surface area contributed by atoms with Crippen LogP contribution in [0.25, 0.3) is 0 Å². The summed E-state index contributed by atoms with van der Waals surface area (Å²) in [5, 5.41) is 0. The van der Waals surface area contributed by atoms with Crippen molar-refractivity contribution in [3.05, 3.63) is 59.2 Å². The standard InChI is InChI=1S/C17H19ClO/c1-12(2)16-6-4-5-7-17(16)19-15-9-8-14(11-18)13(3)10-15/h4-10,12H,11H2,1-3H3. The van der Waals surface area contributed by atoms with Crippen molar-refractivity contribution in [2.45, 2.75) is 32.6 Å². The monoisotopic (exact) mass is 274 g/mol. The number of alkyl halides is 1. The molecule has 0 saturated heterocycles. The van der Waals surface area contributed by atoms with Crippen LogP contribution in [-0.4, -0.2) is 0 Å². The Morgan fingerprint density at radius 2 is 1.84 bits per heavy atom. The first-order valence-electron chi connectivity index (χ1n) is 6.54. The summed E-state index contributed by atoms with van der Waals surface area (Å²) in [6.07, 6.45) is 0. The predicted molar refractivity (Wildman–Crippen MR) is 81.3 cm³/mol. The highest BCUT2D eigenvalue weighted by Crippen LogP contribution is 2.31. The van der Waals surface area contributed by atoms with Crippen molar-refractivity contribution in [1.82, 2.24) is 0 Å². The zero-order chi connectivity index (χ0) is 13.8. The minimum atomic E-state index is 0.444. The maximum Gasteiger partial charge on any atom is 0.130 e. The lowest BCUT2D eigenvalue weighted by Gasteiger charge is -2.14. The maximum absolute atomic E-state index is 6.01. The van der Waals surface area contributed by atoms with Gasteiger partial charge >= 0.3 is 0 Å². The van der Waals surface area contributed by atoms with Gasteiger partial charge in [-0.3, -0.25) is 0 Å². The fourth-order valence-corrected chi connectivity index (χ4v) is 2.36. The van der Waals surface area contributed by atoms with Crippen LogP contribution in [0.4, 0.5) is 0 Å². The molecule has 19 heavy (non-hydrogen) atoms. The maximum atomic E-state index is 6.01. The Morgan fingerprint density at radius 1 is 1.11 bits per heavy atom. The van der Waals surface area contributed by atoms with Gasteiger partial charge in [0.15, 0.2) is 0 Å². The Bertz CT molecular complexity index is 561. The van der Waals surface area contributed by atoms with E-state index in [-0.39, 0.29) is 0 Å². The van der Waals surface area contributed by atoms with Crippen molar-refractivity contribution >= 4 is 11.6 Å². The molecule has 0 radical (unpaired) electrons. The Morgan fingerprint density at radius 3 is 2.47 bits per heavy atom. The Balaban J connectivity index is 2.29. The van der Waals surface area contributed by atoms with Gasteiger partial charge in [-0.15, -0.1) is 11.6 Å². The summed E-state index contributed by atoms with van der Waals surface area (Å²) in [7, 11) is 0. The lowest BCUT2D eigenvalue weighted by Crippen LogP contribution is -1.94. The van der Waals surface area contributed by atoms with Gasteiger partial charge < -0.3 is 4.74 Å². The zero-order valence-electron chi connectivity index (χ0n) is 11.6. The molecule has 0 aliphatic rings. The number of benzene rings is 2. The second-order valence-electron chi connectivity index (χ2n) is 5.02. The molecular weight excluding hydrogens is 256 g/mol. The summed E-state index contributed by atoms with van der Waals surface area (Å²) in [6, 6.07) is 14.2. The summed E-state index contributed by atoms with van der Waals surface area (Å²) in [5.41, 5.74) is 3.53. The largest absolute Gasteiger partial charge is 0.457 e. The van der Waals surface area contributed by atoms with Crippen molar-refractivity contribution < 1.29 is 4.74 Å². The number of hydrogen-bond donors (Lipinski definition) is 0. The van der Waals surface area contributed by atoms with E-state index in [4.69, 9.17) is 16.3 Å². The molecule has 2 aromatic carbocycles. The first-order chi connectivity index (χ1) is 9.11. The first kappa shape index (κ1) is 14.0. The van der Waals surface area contributed by atoms with E-state index in [0.29, 0.717) is 11.8 Å². The Labute approximate surface area is 120 Å². The lowest BCUT2D eigenvalue weighted by atomic mass is 10.0. The second kappa shape index (κ2) is 6.12. The van der Waals surface area contributed by atoms with Gasteiger partial charge in [0.1, 0.15) is 11.5 Å². The summed E-state index contributed by atoms with van der Waals surface area (Å²) >= 11 is 5.87. The van der Waals surface area contributed by atoms with Gasteiger partial charge in [-0.1, -0.05) is 38.1 Å². The minimum absolute atomic E-state index is 0.444.